The van der Waals surface area contributed by atoms with Crippen molar-refractivity contribution in [2.75, 3.05) is 27.2 Å². The van der Waals surface area contributed by atoms with Crippen molar-refractivity contribution in [1.29, 1.82) is 0 Å². The molecule has 1 aliphatic rings. The van der Waals surface area contributed by atoms with Crippen LogP contribution in [-0.4, -0.2) is 48.2 Å². The highest BCUT2D eigenvalue weighted by Crippen LogP contribution is 2.16. The maximum Gasteiger partial charge on any atom is 0.232 e. The van der Waals surface area contributed by atoms with Crippen molar-refractivity contribution in [2.24, 2.45) is 0 Å². The van der Waals surface area contributed by atoms with E-state index in [1.54, 1.807) is 12.4 Å². The van der Waals surface area contributed by atoms with Crippen LogP contribution in [0, 0.1) is 0 Å². The van der Waals surface area contributed by atoms with Crippen LogP contribution in [0.2, 0.25) is 0 Å². The number of ether oxygens (including phenoxy) is 1. The van der Waals surface area contributed by atoms with E-state index >= 15 is 0 Å². The molecule has 0 aromatic carbocycles. The molecule has 1 saturated heterocycles. The number of piperidine rings is 1. The van der Waals surface area contributed by atoms with Gasteiger partial charge in [0.2, 0.25) is 5.88 Å². The highest BCUT2D eigenvalue weighted by Gasteiger charge is 2.19. The van der Waals surface area contributed by atoms with Gasteiger partial charge in [-0.25, -0.2) is 4.98 Å². The molecule has 1 atom stereocenters. The molecule has 0 amide bonds. The minimum atomic E-state index is 0.512. The van der Waals surface area contributed by atoms with E-state index in [1.807, 2.05) is 7.05 Å². The second-order valence-corrected chi connectivity index (χ2v) is 4.82. The number of likely N-dealkylation sites (tertiary alicyclic amines) is 1. The summed E-state index contributed by atoms with van der Waals surface area (Å²) in [6, 6.07) is 0.512. The van der Waals surface area contributed by atoms with Crippen LogP contribution in [0.5, 0.6) is 5.88 Å². The molecule has 1 N–H and O–H groups in total. The Bertz CT molecular complexity index is 355. The maximum atomic E-state index is 5.71. The van der Waals surface area contributed by atoms with Gasteiger partial charge in [0, 0.05) is 12.6 Å². The summed E-state index contributed by atoms with van der Waals surface area (Å²) in [7, 11) is 4.06. The third-order valence-electron chi connectivity index (χ3n) is 3.38. The first-order chi connectivity index (χ1) is 8.79. The molecule has 100 valence electrons. The first-order valence-corrected chi connectivity index (χ1v) is 6.58. The SMILES string of the molecule is CNCc1cnc(OCC2CCCCN2C)cn1. The molecule has 1 fully saturated rings. The van der Waals surface area contributed by atoms with Gasteiger partial charge in [-0.2, -0.15) is 0 Å². The Labute approximate surface area is 109 Å². The lowest BCUT2D eigenvalue weighted by Gasteiger charge is -2.31. The standard InChI is InChI=1S/C13H22N4O/c1-14-7-11-8-16-13(9-15-11)18-10-12-5-3-4-6-17(12)2/h8-9,12,14H,3-7,10H2,1-2H3. The molecule has 1 aromatic heterocycles. The van der Waals surface area contributed by atoms with Crippen LogP contribution in [0.25, 0.3) is 0 Å². The molecule has 5 heteroatoms. The number of nitrogens with zero attached hydrogens (tertiary/aromatic N) is 3. The van der Waals surface area contributed by atoms with E-state index in [9.17, 15) is 0 Å². The molecule has 0 spiro atoms. The summed E-state index contributed by atoms with van der Waals surface area (Å²) < 4.78 is 5.71. The lowest BCUT2D eigenvalue weighted by Crippen LogP contribution is -2.40. The van der Waals surface area contributed by atoms with Crippen molar-refractivity contribution < 1.29 is 4.74 Å². The molecule has 5 nitrogen and oxygen atoms in total. The van der Waals surface area contributed by atoms with Crippen LogP contribution in [0.3, 0.4) is 0 Å². The largest absolute Gasteiger partial charge is 0.475 e. The van der Waals surface area contributed by atoms with E-state index in [1.165, 1.54) is 25.8 Å². The van der Waals surface area contributed by atoms with Gasteiger partial charge in [-0.1, -0.05) is 6.42 Å². The Kier molecular flexibility index (Phi) is 4.90. The number of likely N-dealkylation sites (N-methyl/N-ethyl adjacent to an activating group) is 1. The average molecular weight is 250 g/mol. The highest BCUT2D eigenvalue weighted by atomic mass is 16.5. The molecule has 18 heavy (non-hydrogen) atoms. The van der Waals surface area contributed by atoms with Gasteiger partial charge in [0.25, 0.3) is 0 Å². The van der Waals surface area contributed by atoms with Gasteiger partial charge in [-0.05, 0) is 33.5 Å². The molecule has 2 rings (SSSR count). The summed E-state index contributed by atoms with van der Waals surface area (Å²) in [5.74, 6) is 0.619. The highest BCUT2D eigenvalue weighted by molar-refractivity contribution is 5.07. The molecule has 0 saturated carbocycles. The van der Waals surface area contributed by atoms with E-state index in [0.29, 0.717) is 18.5 Å². The summed E-state index contributed by atoms with van der Waals surface area (Å²) >= 11 is 0. The smallest absolute Gasteiger partial charge is 0.232 e. The van der Waals surface area contributed by atoms with Crippen molar-refractivity contribution in [2.45, 2.75) is 31.8 Å². The average Bonchev–Trinajstić information content (AvgIpc) is 2.40. The van der Waals surface area contributed by atoms with Gasteiger partial charge < -0.3 is 15.0 Å². The number of hydrogen-bond acceptors (Lipinski definition) is 5. The zero-order chi connectivity index (χ0) is 12.8. The lowest BCUT2D eigenvalue weighted by molar-refractivity contribution is 0.122. The van der Waals surface area contributed by atoms with E-state index in [2.05, 4.69) is 27.2 Å². The second kappa shape index (κ2) is 6.66. The Hall–Kier alpha value is -1.20. The first kappa shape index (κ1) is 13.2. The molecular weight excluding hydrogens is 228 g/mol. The van der Waals surface area contributed by atoms with Crippen molar-refractivity contribution in [3.05, 3.63) is 18.1 Å². The fraction of sp³-hybridized carbons (Fsp3) is 0.692. The van der Waals surface area contributed by atoms with Crippen LogP contribution in [0.15, 0.2) is 12.4 Å². The van der Waals surface area contributed by atoms with Crippen LogP contribution in [-0.2, 0) is 6.54 Å². The fourth-order valence-electron chi connectivity index (χ4n) is 2.23. The summed E-state index contributed by atoms with van der Waals surface area (Å²) in [6.07, 6.45) is 7.27. The zero-order valence-corrected chi connectivity index (χ0v) is 11.2. The second-order valence-electron chi connectivity index (χ2n) is 4.82. The molecule has 0 aliphatic carbocycles. The van der Waals surface area contributed by atoms with Gasteiger partial charge in [0.05, 0.1) is 18.1 Å². The minimum absolute atomic E-state index is 0.512. The first-order valence-electron chi connectivity index (χ1n) is 6.58. The lowest BCUT2D eigenvalue weighted by atomic mass is 10.0. The maximum absolute atomic E-state index is 5.71. The molecule has 1 aliphatic heterocycles. The summed E-state index contributed by atoms with van der Waals surface area (Å²) in [4.78, 5) is 10.9. The minimum Gasteiger partial charge on any atom is -0.475 e. The number of aromatic nitrogens is 2. The zero-order valence-electron chi connectivity index (χ0n) is 11.2. The molecule has 0 bridgehead atoms. The van der Waals surface area contributed by atoms with Gasteiger partial charge in [0.15, 0.2) is 0 Å². The Morgan fingerprint density at radius 3 is 2.94 bits per heavy atom. The Morgan fingerprint density at radius 2 is 2.28 bits per heavy atom. The number of rotatable bonds is 5. The molecule has 1 aromatic rings. The van der Waals surface area contributed by atoms with Crippen molar-refractivity contribution in [1.82, 2.24) is 20.2 Å². The van der Waals surface area contributed by atoms with E-state index in [0.717, 1.165) is 12.2 Å². The third kappa shape index (κ3) is 3.65. The topological polar surface area (TPSA) is 50.3 Å². The van der Waals surface area contributed by atoms with Gasteiger partial charge in [0.1, 0.15) is 6.61 Å². The van der Waals surface area contributed by atoms with E-state index < -0.39 is 0 Å². The number of nitrogens with one attached hydrogen (secondary N) is 1. The van der Waals surface area contributed by atoms with E-state index in [-0.39, 0.29) is 0 Å². The van der Waals surface area contributed by atoms with E-state index in [4.69, 9.17) is 4.74 Å². The Balaban J connectivity index is 1.82. The van der Waals surface area contributed by atoms with Gasteiger partial charge in [-0.3, -0.25) is 4.98 Å². The van der Waals surface area contributed by atoms with Gasteiger partial charge >= 0.3 is 0 Å². The summed E-state index contributed by atoms with van der Waals surface area (Å²) in [5, 5.41) is 3.04. The molecule has 1 unspecified atom stereocenters. The third-order valence-corrected chi connectivity index (χ3v) is 3.38. The molecule has 2 heterocycles. The summed E-state index contributed by atoms with van der Waals surface area (Å²) in [6.45, 7) is 2.61. The van der Waals surface area contributed by atoms with Crippen molar-refractivity contribution in [3.63, 3.8) is 0 Å². The quantitative estimate of drug-likeness (QED) is 0.847. The van der Waals surface area contributed by atoms with Crippen LogP contribution in [0.1, 0.15) is 25.0 Å². The monoisotopic (exact) mass is 250 g/mol. The van der Waals surface area contributed by atoms with Crippen molar-refractivity contribution >= 4 is 0 Å². The molecular formula is C13H22N4O. The van der Waals surface area contributed by atoms with Crippen LogP contribution in [0.4, 0.5) is 0 Å². The molecule has 0 radical (unpaired) electrons. The van der Waals surface area contributed by atoms with Gasteiger partial charge in [-0.15, -0.1) is 0 Å². The summed E-state index contributed by atoms with van der Waals surface area (Å²) in [5.41, 5.74) is 0.930. The predicted octanol–water partition coefficient (Wildman–Crippen LogP) is 1.06. The Morgan fingerprint density at radius 1 is 1.39 bits per heavy atom. The normalized spacial score (nSPS) is 20.9. The van der Waals surface area contributed by atoms with Crippen LogP contribution >= 0.6 is 0 Å². The number of hydrogen-bond donors (Lipinski definition) is 1. The van der Waals surface area contributed by atoms with Crippen molar-refractivity contribution in [3.8, 4) is 5.88 Å². The predicted molar refractivity (Wildman–Crippen MR) is 70.6 cm³/mol. The fourth-order valence-corrected chi connectivity index (χ4v) is 2.23. The van der Waals surface area contributed by atoms with Crippen LogP contribution < -0.4 is 10.1 Å².